The van der Waals surface area contributed by atoms with E-state index in [1.165, 1.54) is 0 Å². The lowest BCUT2D eigenvalue weighted by Crippen LogP contribution is -1.99. The summed E-state index contributed by atoms with van der Waals surface area (Å²) >= 11 is 3.47. The molecule has 0 spiro atoms. The van der Waals surface area contributed by atoms with Gasteiger partial charge < -0.3 is 9.05 Å². The van der Waals surface area contributed by atoms with Crippen LogP contribution in [0.2, 0.25) is 0 Å². The molecule has 27 heavy (non-hydrogen) atoms. The summed E-state index contributed by atoms with van der Waals surface area (Å²) in [6.07, 6.45) is 0.768. The summed E-state index contributed by atoms with van der Waals surface area (Å²) in [6, 6.07) is 20.1. The van der Waals surface area contributed by atoms with Crippen molar-refractivity contribution in [3.63, 3.8) is 0 Å². The van der Waals surface area contributed by atoms with Gasteiger partial charge in [-0.2, -0.15) is 0 Å². The Morgan fingerprint density at radius 1 is 0.926 bits per heavy atom. The van der Waals surface area contributed by atoms with Crippen molar-refractivity contribution in [3.8, 4) is 22.6 Å². The van der Waals surface area contributed by atoms with Crippen molar-refractivity contribution in [1.29, 1.82) is 0 Å². The Kier molecular flexibility index (Phi) is 4.94. The van der Waals surface area contributed by atoms with E-state index in [1.54, 1.807) is 0 Å². The van der Waals surface area contributed by atoms with Crippen LogP contribution in [0.25, 0.3) is 22.6 Å². The number of rotatable bonds is 5. The molecule has 1 unspecified atom stereocenters. The number of hydrogen-bond donors (Lipinski definition) is 0. The lowest BCUT2D eigenvalue weighted by atomic mass is 9.95. The first-order chi connectivity index (χ1) is 13.1. The molecule has 0 amide bonds. The molecule has 0 fully saturated rings. The molecule has 0 aliphatic heterocycles. The van der Waals surface area contributed by atoms with E-state index >= 15 is 0 Å². The highest BCUT2D eigenvalue weighted by molar-refractivity contribution is 9.10. The van der Waals surface area contributed by atoms with E-state index in [1.807, 2.05) is 67.6 Å². The summed E-state index contributed by atoms with van der Waals surface area (Å²) in [7, 11) is 0. The molecule has 1 atom stereocenters. The predicted octanol–water partition coefficient (Wildman–Crippen LogP) is 6.41. The maximum atomic E-state index is 5.62. The lowest BCUT2D eigenvalue weighted by molar-refractivity contribution is 0.366. The van der Waals surface area contributed by atoms with Crippen LogP contribution in [0, 0.1) is 6.92 Å². The van der Waals surface area contributed by atoms with E-state index in [9.17, 15) is 0 Å². The Balaban J connectivity index is 1.59. The largest absolute Gasteiger partial charge is 0.360 e. The van der Waals surface area contributed by atoms with Crippen molar-refractivity contribution in [2.75, 3.05) is 0 Å². The molecule has 0 bridgehead atoms. The van der Waals surface area contributed by atoms with Crippen LogP contribution in [0.15, 0.2) is 74.2 Å². The monoisotopic (exact) mass is 422 g/mol. The second kappa shape index (κ2) is 7.53. The minimum atomic E-state index is 0.155. The molecule has 4 aromatic rings. The van der Waals surface area contributed by atoms with Gasteiger partial charge in [0.1, 0.15) is 11.5 Å². The number of aryl methyl sites for hydroxylation is 1. The van der Waals surface area contributed by atoms with Gasteiger partial charge in [0, 0.05) is 33.1 Å². The minimum Gasteiger partial charge on any atom is -0.360 e. The zero-order valence-electron chi connectivity index (χ0n) is 15.1. The molecule has 0 saturated heterocycles. The van der Waals surface area contributed by atoms with Crippen molar-refractivity contribution in [1.82, 2.24) is 10.3 Å². The number of benzene rings is 2. The van der Waals surface area contributed by atoms with Crippen molar-refractivity contribution < 1.29 is 9.05 Å². The number of nitrogens with zero attached hydrogens (tertiary/aromatic N) is 2. The van der Waals surface area contributed by atoms with Gasteiger partial charge in [0.15, 0.2) is 5.76 Å². The summed E-state index contributed by atoms with van der Waals surface area (Å²) in [5.41, 5.74) is 4.93. The third kappa shape index (κ3) is 3.74. The highest BCUT2D eigenvalue weighted by Gasteiger charge is 2.21. The van der Waals surface area contributed by atoms with Crippen LogP contribution < -0.4 is 0 Å². The van der Waals surface area contributed by atoms with Gasteiger partial charge in [0.05, 0.1) is 5.69 Å². The molecule has 0 aliphatic rings. The second-order valence-corrected chi connectivity index (χ2v) is 7.58. The molecule has 2 heterocycles. The molecule has 2 aromatic heterocycles. The van der Waals surface area contributed by atoms with Gasteiger partial charge in [-0.05, 0) is 25.5 Å². The number of hydrogen-bond acceptors (Lipinski definition) is 4. The Morgan fingerprint density at radius 3 is 2.41 bits per heavy atom. The standard InChI is InChI=1S/C22H19BrN2O2/c1-14(21-13-20(25-26-21)16-6-4-3-5-7-16)12-19-15(2)24-27-22(19)17-8-10-18(23)11-9-17/h3-11,13-14H,12H2,1-2H3. The minimum absolute atomic E-state index is 0.155. The third-order valence-electron chi connectivity index (χ3n) is 4.69. The zero-order chi connectivity index (χ0) is 18.8. The molecule has 5 heteroatoms. The van der Waals surface area contributed by atoms with Gasteiger partial charge in [0.25, 0.3) is 0 Å². The maximum Gasteiger partial charge on any atom is 0.170 e. The molecule has 4 rings (SSSR count). The fraction of sp³-hybridized carbons (Fsp3) is 0.182. The van der Waals surface area contributed by atoms with Crippen molar-refractivity contribution in [2.24, 2.45) is 0 Å². The van der Waals surface area contributed by atoms with Crippen LogP contribution in [-0.4, -0.2) is 10.3 Å². The lowest BCUT2D eigenvalue weighted by Gasteiger charge is -2.08. The third-order valence-corrected chi connectivity index (χ3v) is 5.21. The number of aromatic nitrogens is 2. The average Bonchev–Trinajstić information content (AvgIpc) is 3.31. The first kappa shape index (κ1) is 17.7. The van der Waals surface area contributed by atoms with E-state index in [-0.39, 0.29) is 5.92 Å². The van der Waals surface area contributed by atoms with Gasteiger partial charge in [0.2, 0.25) is 0 Å². The van der Waals surface area contributed by atoms with E-state index in [0.717, 1.165) is 50.5 Å². The molecular formula is C22H19BrN2O2. The van der Waals surface area contributed by atoms with Gasteiger partial charge in [-0.1, -0.05) is 75.6 Å². The van der Waals surface area contributed by atoms with E-state index in [0.29, 0.717) is 0 Å². The molecule has 2 aromatic carbocycles. The molecule has 0 radical (unpaired) electrons. The first-order valence-corrected chi connectivity index (χ1v) is 9.64. The Labute approximate surface area is 166 Å². The predicted molar refractivity (Wildman–Crippen MR) is 108 cm³/mol. The smallest absolute Gasteiger partial charge is 0.170 e. The molecule has 136 valence electrons. The fourth-order valence-electron chi connectivity index (χ4n) is 3.13. The van der Waals surface area contributed by atoms with Crippen molar-refractivity contribution >= 4 is 15.9 Å². The Hall–Kier alpha value is -2.66. The van der Waals surface area contributed by atoms with E-state index in [2.05, 4.69) is 33.2 Å². The van der Waals surface area contributed by atoms with Crippen LogP contribution in [0.5, 0.6) is 0 Å². The number of halogens is 1. The van der Waals surface area contributed by atoms with Gasteiger partial charge >= 0.3 is 0 Å². The molecule has 4 nitrogen and oxygen atoms in total. The highest BCUT2D eigenvalue weighted by atomic mass is 79.9. The van der Waals surface area contributed by atoms with Crippen LogP contribution in [0.3, 0.4) is 0 Å². The SMILES string of the molecule is Cc1noc(-c2ccc(Br)cc2)c1CC(C)c1cc(-c2ccccc2)no1. The molecule has 0 aliphatic carbocycles. The summed E-state index contributed by atoms with van der Waals surface area (Å²) in [5.74, 6) is 1.83. The quantitative estimate of drug-likeness (QED) is 0.372. The second-order valence-electron chi connectivity index (χ2n) is 6.67. The van der Waals surface area contributed by atoms with E-state index < -0.39 is 0 Å². The summed E-state index contributed by atoms with van der Waals surface area (Å²) in [4.78, 5) is 0. The van der Waals surface area contributed by atoms with Crippen LogP contribution in [0.1, 0.15) is 29.9 Å². The fourth-order valence-corrected chi connectivity index (χ4v) is 3.39. The van der Waals surface area contributed by atoms with Gasteiger partial charge in [-0.25, -0.2) is 0 Å². The zero-order valence-corrected chi connectivity index (χ0v) is 16.7. The summed E-state index contributed by atoms with van der Waals surface area (Å²) < 4.78 is 12.3. The normalized spacial score (nSPS) is 12.3. The van der Waals surface area contributed by atoms with Gasteiger partial charge in [-0.3, -0.25) is 0 Å². The van der Waals surface area contributed by atoms with Crippen LogP contribution in [0.4, 0.5) is 0 Å². The Morgan fingerprint density at radius 2 is 1.67 bits per heavy atom. The van der Waals surface area contributed by atoms with Crippen molar-refractivity contribution in [3.05, 3.63) is 82.2 Å². The van der Waals surface area contributed by atoms with Gasteiger partial charge in [-0.15, -0.1) is 0 Å². The topological polar surface area (TPSA) is 52.1 Å². The maximum absolute atomic E-state index is 5.62. The summed E-state index contributed by atoms with van der Waals surface area (Å²) in [5, 5.41) is 8.41. The van der Waals surface area contributed by atoms with Crippen LogP contribution in [-0.2, 0) is 6.42 Å². The molecular weight excluding hydrogens is 404 g/mol. The summed E-state index contributed by atoms with van der Waals surface area (Å²) in [6.45, 7) is 4.11. The van der Waals surface area contributed by atoms with Crippen LogP contribution >= 0.6 is 15.9 Å². The molecule has 0 saturated carbocycles. The van der Waals surface area contributed by atoms with Crippen molar-refractivity contribution in [2.45, 2.75) is 26.2 Å². The van der Waals surface area contributed by atoms with E-state index in [4.69, 9.17) is 9.05 Å². The highest BCUT2D eigenvalue weighted by Crippen LogP contribution is 2.32. The average molecular weight is 423 g/mol. The Bertz CT molecular complexity index is 1040. The molecule has 0 N–H and O–H groups in total. The first-order valence-electron chi connectivity index (χ1n) is 8.85.